The van der Waals surface area contributed by atoms with E-state index in [9.17, 15) is 5.11 Å². The number of pyridine rings is 1. The maximum absolute atomic E-state index is 9.34. The Hall–Kier alpha value is -2.99. The Morgan fingerprint density at radius 3 is 2.29 bits per heavy atom. The van der Waals surface area contributed by atoms with Gasteiger partial charge < -0.3 is 15.7 Å². The van der Waals surface area contributed by atoms with E-state index < -0.39 is 0 Å². The topological polar surface area (TPSA) is 83.0 Å². The van der Waals surface area contributed by atoms with Crippen molar-refractivity contribution in [3.63, 3.8) is 0 Å². The van der Waals surface area contributed by atoms with E-state index in [4.69, 9.17) is 0 Å². The van der Waals surface area contributed by atoms with Gasteiger partial charge in [-0.1, -0.05) is 32.9 Å². The van der Waals surface area contributed by atoms with Crippen LogP contribution in [0.2, 0.25) is 0 Å². The van der Waals surface area contributed by atoms with Gasteiger partial charge in [0, 0.05) is 35.8 Å². The fraction of sp³-hybridized carbons (Fsp3) is 0.318. The van der Waals surface area contributed by atoms with Crippen molar-refractivity contribution in [3.8, 4) is 11.3 Å². The van der Waals surface area contributed by atoms with E-state index in [2.05, 4.69) is 70.6 Å². The Morgan fingerprint density at radius 1 is 1.00 bits per heavy atom. The second kappa shape index (κ2) is 8.35. The molecular weight excluding hydrogens is 350 g/mol. The third kappa shape index (κ3) is 5.04. The molecule has 1 atom stereocenters. The quantitative estimate of drug-likeness (QED) is 0.592. The number of hydrogen-bond donors (Lipinski definition) is 3. The van der Waals surface area contributed by atoms with Crippen LogP contribution in [0.4, 0.5) is 17.5 Å². The van der Waals surface area contributed by atoms with Crippen molar-refractivity contribution in [2.24, 2.45) is 0 Å². The molecule has 0 radical (unpaired) electrons. The minimum absolute atomic E-state index is 0.000127. The molecule has 28 heavy (non-hydrogen) atoms. The Bertz CT molecular complexity index is 904. The molecule has 2 heterocycles. The highest BCUT2D eigenvalue weighted by atomic mass is 16.3. The predicted octanol–water partition coefficient (Wildman–Crippen LogP) is 4.37. The zero-order valence-electron chi connectivity index (χ0n) is 16.8. The summed E-state index contributed by atoms with van der Waals surface area (Å²) in [7, 11) is 0. The molecule has 0 aliphatic heterocycles. The first-order chi connectivity index (χ1) is 13.3. The van der Waals surface area contributed by atoms with Gasteiger partial charge in [0.25, 0.3) is 0 Å². The van der Waals surface area contributed by atoms with Gasteiger partial charge in [0.05, 0.1) is 12.3 Å². The Labute approximate surface area is 166 Å². The van der Waals surface area contributed by atoms with Gasteiger partial charge >= 0.3 is 0 Å². The molecule has 0 spiro atoms. The van der Waals surface area contributed by atoms with Crippen molar-refractivity contribution in [1.29, 1.82) is 0 Å². The van der Waals surface area contributed by atoms with Crippen LogP contribution in [0.3, 0.4) is 0 Å². The molecule has 0 saturated carbocycles. The van der Waals surface area contributed by atoms with Gasteiger partial charge in [0.2, 0.25) is 5.95 Å². The van der Waals surface area contributed by atoms with Gasteiger partial charge in [-0.15, -0.1) is 0 Å². The minimum Gasteiger partial charge on any atom is -0.394 e. The summed E-state index contributed by atoms with van der Waals surface area (Å²) in [5, 5.41) is 15.8. The fourth-order valence-electron chi connectivity index (χ4n) is 2.71. The summed E-state index contributed by atoms with van der Waals surface area (Å²) in [6.45, 7) is 8.46. The third-order valence-electron chi connectivity index (χ3n) is 4.37. The summed E-state index contributed by atoms with van der Waals surface area (Å²) in [4.78, 5) is 13.2. The van der Waals surface area contributed by atoms with Crippen LogP contribution in [-0.4, -0.2) is 32.7 Å². The van der Waals surface area contributed by atoms with E-state index in [1.807, 2.05) is 25.1 Å². The molecule has 146 valence electrons. The summed E-state index contributed by atoms with van der Waals surface area (Å²) < 4.78 is 0. The molecule has 0 aliphatic carbocycles. The average molecular weight is 377 g/mol. The SMILES string of the molecule is C[C@@H](CO)Nc1nc(Nc2ccc(C(C)(C)C)cc2)cc(-c2ccncc2)n1. The van der Waals surface area contributed by atoms with E-state index in [-0.39, 0.29) is 18.1 Å². The highest BCUT2D eigenvalue weighted by molar-refractivity contribution is 5.67. The number of aliphatic hydroxyl groups excluding tert-OH is 1. The Kier molecular flexibility index (Phi) is 5.90. The molecule has 3 rings (SSSR count). The Balaban J connectivity index is 1.91. The third-order valence-corrected chi connectivity index (χ3v) is 4.37. The summed E-state index contributed by atoms with van der Waals surface area (Å²) >= 11 is 0. The minimum atomic E-state index is -0.147. The number of aromatic nitrogens is 3. The van der Waals surface area contributed by atoms with Crippen LogP contribution < -0.4 is 10.6 Å². The van der Waals surface area contributed by atoms with Crippen molar-refractivity contribution in [3.05, 3.63) is 60.4 Å². The van der Waals surface area contributed by atoms with Crippen LogP contribution in [0.15, 0.2) is 54.9 Å². The highest BCUT2D eigenvalue weighted by Gasteiger charge is 2.13. The van der Waals surface area contributed by atoms with Crippen LogP contribution >= 0.6 is 0 Å². The van der Waals surface area contributed by atoms with Crippen LogP contribution in [0.25, 0.3) is 11.3 Å². The lowest BCUT2D eigenvalue weighted by atomic mass is 9.87. The molecule has 0 aliphatic rings. The van der Waals surface area contributed by atoms with Gasteiger partial charge in [0.15, 0.2) is 0 Å². The largest absolute Gasteiger partial charge is 0.394 e. The van der Waals surface area contributed by atoms with Crippen LogP contribution in [-0.2, 0) is 5.41 Å². The lowest BCUT2D eigenvalue weighted by Gasteiger charge is -2.19. The van der Waals surface area contributed by atoms with Gasteiger partial charge in [-0.2, -0.15) is 4.98 Å². The highest BCUT2D eigenvalue weighted by Crippen LogP contribution is 2.26. The van der Waals surface area contributed by atoms with Crippen molar-refractivity contribution in [1.82, 2.24) is 15.0 Å². The van der Waals surface area contributed by atoms with E-state index >= 15 is 0 Å². The number of rotatable bonds is 6. The average Bonchev–Trinajstić information content (AvgIpc) is 2.68. The smallest absolute Gasteiger partial charge is 0.225 e. The zero-order valence-corrected chi connectivity index (χ0v) is 16.8. The van der Waals surface area contributed by atoms with Crippen LogP contribution in [0, 0.1) is 0 Å². The number of nitrogens with zero attached hydrogens (tertiary/aromatic N) is 3. The summed E-state index contributed by atoms with van der Waals surface area (Å²) in [6.07, 6.45) is 3.47. The summed E-state index contributed by atoms with van der Waals surface area (Å²) in [5.41, 5.74) is 4.06. The van der Waals surface area contributed by atoms with Crippen molar-refractivity contribution >= 4 is 17.5 Å². The van der Waals surface area contributed by atoms with E-state index in [0.29, 0.717) is 11.8 Å². The molecule has 0 amide bonds. The fourth-order valence-corrected chi connectivity index (χ4v) is 2.71. The lowest BCUT2D eigenvalue weighted by Crippen LogP contribution is -2.21. The van der Waals surface area contributed by atoms with E-state index in [1.165, 1.54) is 5.56 Å². The number of nitrogens with one attached hydrogen (secondary N) is 2. The second-order valence-corrected chi connectivity index (χ2v) is 7.88. The van der Waals surface area contributed by atoms with Gasteiger partial charge in [-0.3, -0.25) is 4.98 Å². The normalized spacial score (nSPS) is 12.5. The predicted molar refractivity (Wildman–Crippen MR) is 114 cm³/mol. The van der Waals surface area contributed by atoms with E-state index in [1.54, 1.807) is 12.4 Å². The maximum Gasteiger partial charge on any atom is 0.225 e. The number of benzene rings is 1. The van der Waals surface area contributed by atoms with Crippen LogP contribution in [0.5, 0.6) is 0 Å². The number of hydrogen-bond acceptors (Lipinski definition) is 6. The molecule has 3 N–H and O–H groups in total. The van der Waals surface area contributed by atoms with E-state index in [0.717, 1.165) is 16.9 Å². The number of anilines is 3. The first-order valence-electron chi connectivity index (χ1n) is 9.39. The zero-order chi connectivity index (χ0) is 20.1. The number of aliphatic hydroxyl groups is 1. The van der Waals surface area contributed by atoms with Crippen molar-refractivity contribution < 1.29 is 5.11 Å². The van der Waals surface area contributed by atoms with Crippen molar-refractivity contribution in [2.45, 2.75) is 39.2 Å². The molecule has 0 fully saturated rings. The molecule has 0 unspecified atom stereocenters. The molecule has 0 saturated heterocycles. The summed E-state index contributed by atoms with van der Waals surface area (Å²) in [6, 6.07) is 13.9. The molecule has 2 aromatic heterocycles. The molecule has 3 aromatic rings. The standard InChI is InChI=1S/C22H27N5O/c1-15(14-28)24-21-26-19(16-9-11-23-12-10-16)13-20(27-21)25-18-7-5-17(6-8-18)22(2,3)4/h5-13,15,28H,14H2,1-4H3,(H2,24,25,26,27)/t15-/m0/s1. The van der Waals surface area contributed by atoms with Gasteiger partial charge in [-0.05, 0) is 42.2 Å². The van der Waals surface area contributed by atoms with Gasteiger partial charge in [-0.25, -0.2) is 4.98 Å². The summed E-state index contributed by atoms with van der Waals surface area (Å²) in [5.74, 6) is 1.14. The maximum atomic E-state index is 9.34. The lowest BCUT2D eigenvalue weighted by molar-refractivity contribution is 0.281. The van der Waals surface area contributed by atoms with Gasteiger partial charge in [0.1, 0.15) is 5.82 Å². The second-order valence-electron chi connectivity index (χ2n) is 7.88. The van der Waals surface area contributed by atoms with Crippen molar-refractivity contribution in [2.75, 3.05) is 17.2 Å². The molecule has 0 bridgehead atoms. The molecule has 6 heteroatoms. The molecule has 6 nitrogen and oxygen atoms in total. The Morgan fingerprint density at radius 2 is 1.68 bits per heavy atom. The van der Waals surface area contributed by atoms with Crippen LogP contribution in [0.1, 0.15) is 33.3 Å². The molecule has 1 aromatic carbocycles. The molecular formula is C22H27N5O. The first-order valence-corrected chi connectivity index (χ1v) is 9.39. The first kappa shape index (κ1) is 19.8. The monoisotopic (exact) mass is 377 g/mol.